The van der Waals surface area contributed by atoms with Crippen LogP contribution in [0.15, 0.2) is 0 Å². The molecule has 130 valence electrons. The first kappa shape index (κ1) is 18.2. The highest BCUT2D eigenvalue weighted by Crippen LogP contribution is 2.35. The highest BCUT2D eigenvalue weighted by Gasteiger charge is 2.32. The minimum absolute atomic E-state index is 0.338. The van der Waals surface area contributed by atoms with E-state index in [1.54, 1.807) is 0 Å². The molecule has 3 nitrogen and oxygen atoms in total. The lowest BCUT2D eigenvalue weighted by Crippen LogP contribution is -2.42. The van der Waals surface area contributed by atoms with Crippen LogP contribution in [0.3, 0.4) is 0 Å². The molecule has 1 heterocycles. The minimum atomic E-state index is -0.338. The third-order valence-electron chi connectivity index (χ3n) is 5.67. The van der Waals surface area contributed by atoms with Gasteiger partial charge in [0.05, 0.1) is 18.8 Å². The Labute approximate surface area is 137 Å². The van der Waals surface area contributed by atoms with Crippen molar-refractivity contribution in [1.29, 1.82) is 0 Å². The van der Waals surface area contributed by atoms with Crippen LogP contribution < -0.4 is 0 Å². The van der Waals surface area contributed by atoms with Gasteiger partial charge in [-0.25, -0.2) is 0 Å². The van der Waals surface area contributed by atoms with Gasteiger partial charge in [-0.15, -0.1) is 0 Å². The summed E-state index contributed by atoms with van der Waals surface area (Å²) < 4.78 is 6.18. The van der Waals surface area contributed by atoms with Crippen LogP contribution in [0.25, 0.3) is 0 Å². The van der Waals surface area contributed by atoms with E-state index < -0.39 is 0 Å². The van der Waals surface area contributed by atoms with E-state index in [4.69, 9.17) is 4.74 Å². The van der Waals surface area contributed by atoms with Crippen LogP contribution in [0, 0.1) is 23.7 Å². The normalized spacial score (nSPS) is 35.7. The molecule has 0 spiro atoms. The average molecular weight is 312 g/mol. The van der Waals surface area contributed by atoms with Crippen LogP contribution in [0.4, 0.5) is 0 Å². The quantitative estimate of drug-likeness (QED) is 0.814. The van der Waals surface area contributed by atoms with Crippen molar-refractivity contribution >= 4 is 0 Å². The molecule has 22 heavy (non-hydrogen) atoms. The fourth-order valence-electron chi connectivity index (χ4n) is 4.34. The van der Waals surface area contributed by atoms with Gasteiger partial charge in [-0.2, -0.15) is 0 Å². The van der Waals surface area contributed by atoms with Crippen LogP contribution >= 0.6 is 0 Å². The second-order valence-corrected chi connectivity index (χ2v) is 8.36. The van der Waals surface area contributed by atoms with Crippen LogP contribution in [0.2, 0.25) is 0 Å². The van der Waals surface area contributed by atoms with Crippen LogP contribution in [0.5, 0.6) is 0 Å². The summed E-state index contributed by atoms with van der Waals surface area (Å²) >= 11 is 0. The Bertz CT molecular complexity index is 321. The van der Waals surface area contributed by atoms with Crippen molar-refractivity contribution in [3.8, 4) is 0 Å². The van der Waals surface area contributed by atoms with E-state index in [1.165, 1.54) is 25.7 Å². The molecule has 2 rings (SSSR count). The first-order chi connectivity index (χ1) is 10.5. The minimum Gasteiger partial charge on any atom is -0.389 e. The summed E-state index contributed by atoms with van der Waals surface area (Å²) in [5, 5.41) is 10.3. The molecule has 0 unspecified atom stereocenters. The Morgan fingerprint density at radius 1 is 1.14 bits per heavy atom. The maximum Gasteiger partial charge on any atom is 0.0900 e. The van der Waals surface area contributed by atoms with Crippen LogP contribution in [-0.2, 0) is 4.74 Å². The smallest absolute Gasteiger partial charge is 0.0900 e. The number of hydrogen-bond acceptors (Lipinski definition) is 3. The molecular weight excluding hydrogens is 274 g/mol. The Balaban J connectivity index is 1.75. The lowest BCUT2D eigenvalue weighted by atomic mass is 9.75. The SMILES string of the molecule is CC(C)[C@H]1CC[C@@H](C)C[C@H]1OC[C@H](O)CN1CCC[C@@H](C)C1. The lowest BCUT2D eigenvalue weighted by Gasteiger charge is -2.38. The second kappa shape index (κ2) is 8.65. The number of aliphatic hydroxyl groups is 1. The summed E-state index contributed by atoms with van der Waals surface area (Å²) in [7, 11) is 0. The van der Waals surface area contributed by atoms with E-state index in [-0.39, 0.29) is 6.10 Å². The van der Waals surface area contributed by atoms with E-state index in [0.29, 0.717) is 24.5 Å². The molecule has 1 aliphatic carbocycles. The van der Waals surface area contributed by atoms with Crippen molar-refractivity contribution < 1.29 is 9.84 Å². The molecule has 0 aromatic carbocycles. The predicted molar refractivity (Wildman–Crippen MR) is 91.9 cm³/mol. The molecule has 1 saturated heterocycles. The summed E-state index contributed by atoms with van der Waals surface area (Å²) in [6.07, 6.45) is 6.38. The first-order valence-corrected chi connectivity index (χ1v) is 9.47. The van der Waals surface area contributed by atoms with Crippen LogP contribution in [0.1, 0.15) is 59.8 Å². The van der Waals surface area contributed by atoms with Gasteiger partial charge in [0.25, 0.3) is 0 Å². The average Bonchev–Trinajstić information content (AvgIpc) is 2.45. The number of nitrogens with zero attached hydrogens (tertiary/aromatic N) is 1. The fraction of sp³-hybridized carbons (Fsp3) is 1.00. The molecule has 0 amide bonds. The number of piperidine rings is 1. The van der Waals surface area contributed by atoms with E-state index in [2.05, 4.69) is 32.6 Å². The van der Waals surface area contributed by atoms with Gasteiger partial charge in [0.15, 0.2) is 0 Å². The third kappa shape index (κ3) is 5.50. The molecule has 0 aromatic rings. The molecular formula is C19H37NO2. The lowest BCUT2D eigenvalue weighted by molar-refractivity contribution is -0.0751. The highest BCUT2D eigenvalue weighted by molar-refractivity contribution is 4.82. The molecule has 2 aliphatic rings. The van der Waals surface area contributed by atoms with Gasteiger partial charge >= 0.3 is 0 Å². The summed E-state index contributed by atoms with van der Waals surface area (Å²) in [5.41, 5.74) is 0. The monoisotopic (exact) mass is 311 g/mol. The summed E-state index contributed by atoms with van der Waals surface area (Å²) in [6.45, 7) is 12.8. The van der Waals surface area contributed by atoms with Gasteiger partial charge in [0, 0.05) is 13.1 Å². The summed E-state index contributed by atoms with van der Waals surface area (Å²) in [6, 6.07) is 0. The van der Waals surface area contributed by atoms with Gasteiger partial charge in [-0.05, 0) is 55.9 Å². The zero-order chi connectivity index (χ0) is 16.1. The van der Waals surface area contributed by atoms with Gasteiger partial charge in [-0.3, -0.25) is 0 Å². The topological polar surface area (TPSA) is 32.7 Å². The van der Waals surface area contributed by atoms with Crippen molar-refractivity contribution in [3.63, 3.8) is 0 Å². The second-order valence-electron chi connectivity index (χ2n) is 8.36. The first-order valence-electron chi connectivity index (χ1n) is 9.47. The molecule has 1 N–H and O–H groups in total. The summed E-state index contributed by atoms with van der Waals surface area (Å²) in [5.74, 6) is 2.88. The molecule has 1 aliphatic heterocycles. The number of ether oxygens (including phenoxy) is 1. The maximum absolute atomic E-state index is 10.3. The van der Waals surface area contributed by atoms with E-state index in [9.17, 15) is 5.11 Å². The van der Waals surface area contributed by atoms with E-state index in [0.717, 1.165) is 37.9 Å². The largest absolute Gasteiger partial charge is 0.389 e. The zero-order valence-corrected chi connectivity index (χ0v) is 15.1. The molecule has 2 fully saturated rings. The van der Waals surface area contributed by atoms with E-state index >= 15 is 0 Å². The van der Waals surface area contributed by atoms with Crippen molar-refractivity contribution in [2.45, 2.75) is 72.0 Å². The number of likely N-dealkylation sites (tertiary alicyclic amines) is 1. The maximum atomic E-state index is 10.3. The van der Waals surface area contributed by atoms with Gasteiger partial charge in [0.1, 0.15) is 0 Å². The molecule has 0 radical (unpaired) electrons. The Morgan fingerprint density at radius 3 is 2.59 bits per heavy atom. The number of rotatable bonds is 6. The predicted octanol–water partition coefficient (Wildman–Crippen LogP) is 3.56. The molecule has 0 bridgehead atoms. The highest BCUT2D eigenvalue weighted by atomic mass is 16.5. The Kier molecular flexibility index (Phi) is 7.17. The molecule has 5 atom stereocenters. The van der Waals surface area contributed by atoms with Crippen LogP contribution in [-0.4, -0.2) is 48.5 Å². The molecule has 3 heteroatoms. The Hall–Kier alpha value is -0.120. The van der Waals surface area contributed by atoms with Crippen molar-refractivity contribution in [3.05, 3.63) is 0 Å². The van der Waals surface area contributed by atoms with Gasteiger partial charge in [-0.1, -0.05) is 34.1 Å². The number of aliphatic hydroxyl groups excluding tert-OH is 1. The number of hydrogen-bond donors (Lipinski definition) is 1. The molecule has 1 saturated carbocycles. The van der Waals surface area contributed by atoms with Crippen molar-refractivity contribution in [2.75, 3.05) is 26.2 Å². The Morgan fingerprint density at radius 2 is 1.91 bits per heavy atom. The fourth-order valence-corrected chi connectivity index (χ4v) is 4.34. The van der Waals surface area contributed by atoms with Gasteiger partial charge < -0.3 is 14.7 Å². The standard InChI is InChI=1S/C19H37NO2/c1-14(2)18-8-7-15(3)10-19(18)22-13-17(21)12-20-9-5-6-16(4)11-20/h14-19,21H,5-13H2,1-4H3/t15-,16-,17-,18-,19-/m1/s1. The van der Waals surface area contributed by atoms with Gasteiger partial charge in [0.2, 0.25) is 0 Å². The molecule has 0 aromatic heterocycles. The van der Waals surface area contributed by atoms with E-state index in [1.807, 2.05) is 0 Å². The number of β-amino-alcohol motifs (C(OH)–C–C–N with tert-alkyl or cyclic N) is 1. The zero-order valence-electron chi connectivity index (χ0n) is 15.1. The third-order valence-corrected chi connectivity index (χ3v) is 5.67. The van der Waals surface area contributed by atoms with Crippen molar-refractivity contribution in [2.24, 2.45) is 23.7 Å². The summed E-state index contributed by atoms with van der Waals surface area (Å²) in [4.78, 5) is 2.41. The van der Waals surface area contributed by atoms with Crippen molar-refractivity contribution in [1.82, 2.24) is 4.90 Å².